The summed E-state index contributed by atoms with van der Waals surface area (Å²) >= 11 is 0. The van der Waals surface area contributed by atoms with E-state index in [-0.39, 0.29) is 12.5 Å². The molecule has 1 N–H and O–H groups in total. The molecule has 32 heavy (non-hydrogen) atoms. The van der Waals surface area contributed by atoms with Gasteiger partial charge in [-0.25, -0.2) is 4.79 Å². The number of amides is 1. The number of nitrogens with one attached hydrogen (secondary N) is 1. The van der Waals surface area contributed by atoms with Crippen LogP contribution >= 0.6 is 0 Å². The van der Waals surface area contributed by atoms with Crippen molar-refractivity contribution in [2.75, 3.05) is 13.7 Å². The number of hydrogen-bond acceptors (Lipinski definition) is 5. The van der Waals surface area contributed by atoms with Crippen LogP contribution in [0.25, 0.3) is 0 Å². The molecule has 1 aromatic carbocycles. The van der Waals surface area contributed by atoms with Crippen LogP contribution in [-0.2, 0) is 16.0 Å². The van der Waals surface area contributed by atoms with Crippen LogP contribution in [0, 0.1) is 6.92 Å². The first-order valence-corrected chi connectivity index (χ1v) is 11.9. The van der Waals surface area contributed by atoms with E-state index in [9.17, 15) is 9.59 Å². The van der Waals surface area contributed by atoms with Crippen LogP contribution < -0.4 is 14.8 Å². The van der Waals surface area contributed by atoms with E-state index in [0.29, 0.717) is 19.4 Å². The van der Waals surface area contributed by atoms with E-state index in [1.165, 1.54) is 32.1 Å². The molecule has 1 amide bonds. The van der Waals surface area contributed by atoms with Crippen molar-refractivity contribution in [2.45, 2.75) is 104 Å². The lowest BCUT2D eigenvalue weighted by Gasteiger charge is -2.23. The number of aryl methyl sites for hydroxylation is 2. The highest BCUT2D eigenvalue weighted by atomic mass is 16.6. The molecule has 0 unspecified atom stereocenters. The minimum absolute atomic E-state index is 0.245. The predicted octanol–water partition coefficient (Wildman–Crippen LogP) is 6.16. The average Bonchev–Trinajstić information content (AvgIpc) is 2.71. The second kappa shape index (κ2) is 14.8. The van der Waals surface area contributed by atoms with Gasteiger partial charge in [0, 0.05) is 12.5 Å². The molecule has 0 aliphatic rings. The summed E-state index contributed by atoms with van der Waals surface area (Å²) in [5.41, 5.74) is 1.52. The third-order valence-electron chi connectivity index (χ3n) is 5.15. The Morgan fingerprint density at radius 2 is 1.81 bits per heavy atom. The highest BCUT2D eigenvalue weighted by molar-refractivity contribution is 5.68. The van der Waals surface area contributed by atoms with Gasteiger partial charge in [-0.1, -0.05) is 45.1 Å². The molecule has 0 aliphatic heterocycles. The predicted molar refractivity (Wildman–Crippen MR) is 129 cm³/mol. The lowest BCUT2D eigenvalue weighted by molar-refractivity contribution is -0.108. The Hall–Kier alpha value is -2.24. The molecule has 0 saturated heterocycles. The number of hydrogen-bond donors (Lipinski definition) is 1. The fourth-order valence-electron chi connectivity index (χ4n) is 3.53. The van der Waals surface area contributed by atoms with Gasteiger partial charge < -0.3 is 24.3 Å². The first-order valence-electron chi connectivity index (χ1n) is 11.9. The van der Waals surface area contributed by atoms with E-state index in [1.807, 2.05) is 33.8 Å². The molecule has 6 heteroatoms. The number of ether oxygens (including phenoxy) is 3. The van der Waals surface area contributed by atoms with E-state index >= 15 is 0 Å². The van der Waals surface area contributed by atoms with Crippen molar-refractivity contribution in [3.05, 3.63) is 23.3 Å². The molecule has 1 aromatic rings. The molecule has 0 radical (unpaired) electrons. The van der Waals surface area contributed by atoms with E-state index in [2.05, 4.69) is 18.3 Å². The lowest BCUT2D eigenvalue weighted by Crippen LogP contribution is -2.39. The van der Waals surface area contributed by atoms with Crippen molar-refractivity contribution in [1.29, 1.82) is 0 Å². The van der Waals surface area contributed by atoms with Gasteiger partial charge in [0.1, 0.15) is 11.9 Å². The molecule has 0 bridgehead atoms. The van der Waals surface area contributed by atoms with Gasteiger partial charge >= 0.3 is 6.09 Å². The summed E-state index contributed by atoms with van der Waals surface area (Å²) in [7, 11) is 1.65. The number of carbonyl (C=O) groups excluding carboxylic acids is 2. The zero-order chi connectivity index (χ0) is 24.0. The second-order valence-electron chi connectivity index (χ2n) is 9.34. The Bertz CT molecular complexity index is 696. The fraction of sp³-hybridized carbons (Fsp3) is 0.692. The highest BCUT2D eigenvalue weighted by Crippen LogP contribution is 2.33. The molecule has 0 aliphatic carbocycles. The van der Waals surface area contributed by atoms with Gasteiger partial charge in [0.15, 0.2) is 11.5 Å². The van der Waals surface area contributed by atoms with Gasteiger partial charge in [-0.3, -0.25) is 0 Å². The Labute approximate surface area is 194 Å². The van der Waals surface area contributed by atoms with E-state index in [1.54, 1.807) is 7.11 Å². The standard InChI is InChI=1S/C26H43NO5/c1-7-8-9-10-11-12-17-31-24-20(2)18-21(19-23(24)30-6)13-14-22(15-16-28)27-25(29)32-26(3,4)5/h16,18-19,22H,7-15,17H2,1-6H3,(H,27,29)/t22-/m1/s1. The van der Waals surface area contributed by atoms with Crippen LogP contribution in [0.5, 0.6) is 11.5 Å². The Kier molecular flexibility index (Phi) is 12.8. The SMILES string of the molecule is CCCCCCCCOc1c(C)cc(CC[C@H](CC=O)NC(=O)OC(C)(C)C)cc1OC. The third-order valence-corrected chi connectivity index (χ3v) is 5.15. The number of carbonyl (C=O) groups is 2. The summed E-state index contributed by atoms with van der Waals surface area (Å²) in [4.78, 5) is 23.1. The van der Waals surface area contributed by atoms with Crippen LogP contribution in [0.4, 0.5) is 4.79 Å². The average molecular weight is 450 g/mol. The van der Waals surface area contributed by atoms with Crippen molar-refractivity contribution in [3.8, 4) is 11.5 Å². The Morgan fingerprint density at radius 1 is 1.12 bits per heavy atom. The summed E-state index contributed by atoms with van der Waals surface area (Å²) in [6.07, 6.45) is 9.22. The summed E-state index contributed by atoms with van der Waals surface area (Å²) in [5, 5.41) is 2.80. The molecular weight excluding hydrogens is 406 g/mol. The third kappa shape index (κ3) is 11.4. The number of aldehydes is 1. The van der Waals surface area contributed by atoms with Crippen LogP contribution in [0.3, 0.4) is 0 Å². The first kappa shape index (κ1) is 27.8. The Morgan fingerprint density at radius 3 is 2.44 bits per heavy atom. The summed E-state index contributed by atoms with van der Waals surface area (Å²) in [6, 6.07) is 3.79. The van der Waals surface area contributed by atoms with Crippen molar-refractivity contribution in [3.63, 3.8) is 0 Å². The number of benzene rings is 1. The van der Waals surface area contributed by atoms with Gasteiger partial charge in [-0.2, -0.15) is 0 Å². The molecule has 1 atom stereocenters. The van der Waals surface area contributed by atoms with Gasteiger partial charge in [0.25, 0.3) is 0 Å². The molecular formula is C26H43NO5. The van der Waals surface area contributed by atoms with Crippen molar-refractivity contribution < 1.29 is 23.8 Å². The molecule has 0 heterocycles. The largest absolute Gasteiger partial charge is 0.493 e. The lowest BCUT2D eigenvalue weighted by atomic mass is 10.0. The monoisotopic (exact) mass is 449 g/mol. The summed E-state index contributed by atoms with van der Waals surface area (Å²) in [6.45, 7) is 10.4. The molecule has 1 rings (SSSR count). The summed E-state index contributed by atoms with van der Waals surface area (Å²) in [5.74, 6) is 1.51. The number of alkyl carbamates (subject to hydrolysis) is 1. The van der Waals surface area contributed by atoms with Crippen LogP contribution in [0.1, 0.15) is 90.2 Å². The van der Waals surface area contributed by atoms with Crippen molar-refractivity contribution >= 4 is 12.4 Å². The van der Waals surface area contributed by atoms with Gasteiger partial charge in [-0.15, -0.1) is 0 Å². The Balaban J connectivity index is 2.65. The normalized spacial score (nSPS) is 12.2. The number of methoxy groups -OCH3 is 1. The molecule has 0 aromatic heterocycles. The smallest absolute Gasteiger partial charge is 0.407 e. The van der Waals surface area contributed by atoms with Crippen LogP contribution in [0.2, 0.25) is 0 Å². The van der Waals surface area contributed by atoms with Crippen LogP contribution in [0.15, 0.2) is 12.1 Å². The van der Waals surface area contributed by atoms with Crippen molar-refractivity contribution in [2.24, 2.45) is 0 Å². The molecule has 0 saturated carbocycles. The zero-order valence-electron chi connectivity index (χ0n) is 20.9. The minimum atomic E-state index is -0.578. The highest BCUT2D eigenvalue weighted by Gasteiger charge is 2.20. The first-order chi connectivity index (χ1) is 15.2. The van der Waals surface area contributed by atoms with Gasteiger partial charge in [0.05, 0.1) is 13.7 Å². The zero-order valence-corrected chi connectivity index (χ0v) is 20.9. The van der Waals surface area contributed by atoms with E-state index in [4.69, 9.17) is 14.2 Å². The molecule has 0 spiro atoms. The fourth-order valence-corrected chi connectivity index (χ4v) is 3.53. The summed E-state index contributed by atoms with van der Waals surface area (Å²) < 4.78 is 16.9. The molecule has 182 valence electrons. The van der Waals surface area contributed by atoms with E-state index < -0.39 is 11.7 Å². The topological polar surface area (TPSA) is 73.9 Å². The second-order valence-corrected chi connectivity index (χ2v) is 9.34. The maximum absolute atomic E-state index is 12.1. The molecule has 0 fully saturated rings. The quantitative estimate of drug-likeness (QED) is 0.256. The molecule has 6 nitrogen and oxygen atoms in total. The minimum Gasteiger partial charge on any atom is -0.493 e. The van der Waals surface area contributed by atoms with Crippen LogP contribution in [-0.4, -0.2) is 37.7 Å². The maximum Gasteiger partial charge on any atom is 0.407 e. The van der Waals surface area contributed by atoms with Gasteiger partial charge in [0.2, 0.25) is 0 Å². The van der Waals surface area contributed by atoms with Gasteiger partial charge in [-0.05, 0) is 64.2 Å². The number of unbranched alkanes of at least 4 members (excludes halogenated alkanes) is 5. The van der Waals surface area contributed by atoms with E-state index in [0.717, 1.165) is 35.3 Å². The van der Waals surface area contributed by atoms with Crippen molar-refractivity contribution in [1.82, 2.24) is 5.32 Å². The maximum atomic E-state index is 12.1. The number of rotatable bonds is 15.